The van der Waals surface area contributed by atoms with Gasteiger partial charge in [-0.25, -0.2) is 0 Å². The molecular weight excluding hydrogens is 306 g/mol. The third kappa shape index (κ3) is 4.93. The number of piperidine rings is 1. The zero-order valence-electron chi connectivity index (χ0n) is 14.3. The molecule has 0 aliphatic carbocycles. The summed E-state index contributed by atoms with van der Waals surface area (Å²) in [4.78, 5) is 2.29. The normalized spacial score (nSPS) is 26.4. The van der Waals surface area contributed by atoms with Crippen molar-refractivity contribution in [1.29, 1.82) is 0 Å². The Labute approximate surface area is 144 Å². The number of aliphatic hydroxyl groups excluding tert-OH is 2. The molecule has 0 radical (unpaired) electrons. The molecule has 2 atom stereocenters. The number of benzene rings is 1. The highest BCUT2D eigenvalue weighted by Crippen LogP contribution is 2.20. The van der Waals surface area contributed by atoms with Gasteiger partial charge in [0, 0.05) is 32.0 Å². The number of aliphatic hydroxyl groups is 2. The van der Waals surface area contributed by atoms with Gasteiger partial charge in [-0.3, -0.25) is 4.90 Å². The van der Waals surface area contributed by atoms with E-state index < -0.39 is 0 Å². The van der Waals surface area contributed by atoms with Crippen LogP contribution in [0.2, 0.25) is 0 Å². The van der Waals surface area contributed by atoms with Crippen LogP contribution in [0.3, 0.4) is 0 Å². The van der Waals surface area contributed by atoms with Crippen molar-refractivity contribution in [3.63, 3.8) is 0 Å². The third-order valence-electron chi connectivity index (χ3n) is 5.10. The van der Waals surface area contributed by atoms with E-state index in [1.54, 1.807) is 0 Å². The van der Waals surface area contributed by atoms with Crippen LogP contribution in [0.4, 0.5) is 0 Å². The maximum atomic E-state index is 9.72. The average Bonchev–Trinajstić information content (AvgIpc) is 2.62. The molecule has 0 bridgehead atoms. The summed E-state index contributed by atoms with van der Waals surface area (Å²) in [5.41, 5.74) is 1.28. The van der Waals surface area contributed by atoms with Crippen LogP contribution in [0.15, 0.2) is 24.3 Å². The number of hydrogen-bond donors (Lipinski definition) is 2. The van der Waals surface area contributed by atoms with Crippen LogP contribution in [0.5, 0.6) is 5.75 Å². The van der Waals surface area contributed by atoms with Crippen LogP contribution in [0.25, 0.3) is 0 Å². The van der Waals surface area contributed by atoms with Crippen LogP contribution in [0, 0.1) is 0 Å². The van der Waals surface area contributed by atoms with Crippen LogP contribution in [-0.2, 0) is 11.2 Å². The molecule has 0 amide bonds. The standard InChI is InChI=1S/C19H29NO4/c21-14-16-13-17(22)6-10-20(16)9-5-15-1-3-18(4-2-15)24-19-7-11-23-12-8-19/h1-4,16-17,19,21-22H,5-14H2. The van der Waals surface area contributed by atoms with E-state index in [0.717, 1.165) is 57.7 Å². The van der Waals surface area contributed by atoms with Gasteiger partial charge in [-0.05, 0) is 37.0 Å². The van der Waals surface area contributed by atoms with Gasteiger partial charge in [0.15, 0.2) is 0 Å². The Bertz CT molecular complexity index is 487. The summed E-state index contributed by atoms with van der Waals surface area (Å²) in [6.45, 7) is 3.48. The second kappa shape index (κ2) is 8.81. The molecule has 0 aromatic heterocycles. The molecule has 2 N–H and O–H groups in total. The number of nitrogens with zero attached hydrogens (tertiary/aromatic N) is 1. The lowest BCUT2D eigenvalue weighted by Crippen LogP contribution is -2.47. The second-order valence-corrected chi connectivity index (χ2v) is 6.87. The Morgan fingerprint density at radius 1 is 1.12 bits per heavy atom. The first kappa shape index (κ1) is 17.7. The molecule has 24 heavy (non-hydrogen) atoms. The maximum Gasteiger partial charge on any atom is 0.119 e. The van der Waals surface area contributed by atoms with Crippen molar-refractivity contribution < 1.29 is 19.7 Å². The lowest BCUT2D eigenvalue weighted by atomic mass is 9.99. The highest BCUT2D eigenvalue weighted by Gasteiger charge is 2.26. The topological polar surface area (TPSA) is 62.2 Å². The van der Waals surface area contributed by atoms with Crippen molar-refractivity contribution in [2.75, 3.05) is 32.9 Å². The summed E-state index contributed by atoms with van der Waals surface area (Å²) in [6, 6.07) is 8.44. The van der Waals surface area contributed by atoms with E-state index in [0.29, 0.717) is 6.42 Å². The van der Waals surface area contributed by atoms with Crippen LogP contribution >= 0.6 is 0 Å². The van der Waals surface area contributed by atoms with Crippen molar-refractivity contribution in [1.82, 2.24) is 4.90 Å². The quantitative estimate of drug-likeness (QED) is 0.827. The van der Waals surface area contributed by atoms with E-state index in [1.165, 1.54) is 5.56 Å². The summed E-state index contributed by atoms with van der Waals surface area (Å²) in [6.07, 6.45) is 4.36. The average molecular weight is 335 g/mol. The van der Waals surface area contributed by atoms with E-state index in [4.69, 9.17) is 9.47 Å². The number of ether oxygens (including phenoxy) is 2. The Morgan fingerprint density at radius 3 is 2.58 bits per heavy atom. The molecule has 2 saturated heterocycles. The smallest absolute Gasteiger partial charge is 0.119 e. The highest BCUT2D eigenvalue weighted by molar-refractivity contribution is 5.27. The molecular formula is C19H29NO4. The molecule has 0 saturated carbocycles. The Hall–Kier alpha value is -1.14. The SMILES string of the molecule is OCC1CC(O)CCN1CCc1ccc(OC2CCOCC2)cc1. The van der Waals surface area contributed by atoms with E-state index in [1.807, 2.05) is 12.1 Å². The van der Waals surface area contributed by atoms with Gasteiger partial charge >= 0.3 is 0 Å². The monoisotopic (exact) mass is 335 g/mol. The Kier molecular flexibility index (Phi) is 6.49. The summed E-state index contributed by atoms with van der Waals surface area (Å²) < 4.78 is 11.4. The fraction of sp³-hybridized carbons (Fsp3) is 0.684. The minimum Gasteiger partial charge on any atom is -0.490 e. The predicted molar refractivity (Wildman–Crippen MR) is 92.3 cm³/mol. The zero-order chi connectivity index (χ0) is 16.8. The van der Waals surface area contributed by atoms with Crippen molar-refractivity contribution in [2.24, 2.45) is 0 Å². The Balaban J connectivity index is 1.47. The fourth-order valence-electron chi connectivity index (χ4n) is 3.56. The highest BCUT2D eigenvalue weighted by atomic mass is 16.5. The van der Waals surface area contributed by atoms with Gasteiger partial charge < -0.3 is 19.7 Å². The Morgan fingerprint density at radius 2 is 1.88 bits per heavy atom. The molecule has 0 spiro atoms. The molecule has 5 nitrogen and oxygen atoms in total. The molecule has 2 unspecified atom stereocenters. The first-order valence-electron chi connectivity index (χ1n) is 9.11. The van der Waals surface area contributed by atoms with Crippen LogP contribution in [0.1, 0.15) is 31.2 Å². The molecule has 134 valence electrons. The summed E-state index contributed by atoms with van der Waals surface area (Å²) in [5.74, 6) is 0.931. The van der Waals surface area contributed by atoms with Crippen molar-refractivity contribution in [3.8, 4) is 5.75 Å². The van der Waals surface area contributed by atoms with Gasteiger partial charge in [-0.15, -0.1) is 0 Å². The number of hydrogen-bond acceptors (Lipinski definition) is 5. The van der Waals surface area contributed by atoms with Gasteiger partial charge in [0.05, 0.1) is 25.9 Å². The van der Waals surface area contributed by atoms with E-state index in [2.05, 4.69) is 17.0 Å². The summed E-state index contributed by atoms with van der Waals surface area (Å²) in [7, 11) is 0. The van der Waals surface area contributed by atoms with Crippen LogP contribution in [-0.4, -0.2) is 66.3 Å². The number of likely N-dealkylation sites (tertiary alicyclic amines) is 1. The molecule has 2 aliphatic heterocycles. The summed E-state index contributed by atoms with van der Waals surface area (Å²) >= 11 is 0. The van der Waals surface area contributed by atoms with Crippen LogP contribution < -0.4 is 4.74 Å². The van der Waals surface area contributed by atoms with Crippen molar-refractivity contribution in [3.05, 3.63) is 29.8 Å². The first-order chi connectivity index (χ1) is 11.7. The van der Waals surface area contributed by atoms with Crippen molar-refractivity contribution >= 4 is 0 Å². The zero-order valence-corrected chi connectivity index (χ0v) is 14.3. The van der Waals surface area contributed by atoms with E-state index >= 15 is 0 Å². The van der Waals surface area contributed by atoms with E-state index in [-0.39, 0.29) is 24.9 Å². The van der Waals surface area contributed by atoms with Gasteiger partial charge in [0.2, 0.25) is 0 Å². The minimum atomic E-state index is -0.264. The third-order valence-corrected chi connectivity index (χ3v) is 5.10. The van der Waals surface area contributed by atoms with Gasteiger partial charge in [0.25, 0.3) is 0 Å². The molecule has 2 heterocycles. The van der Waals surface area contributed by atoms with Gasteiger partial charge in [0.1, 0.15) is 11.9 Å². The predicted octanol–water partition coefficient (Wildman–Crippen LogP) is 1.60. The minimum absolute atomic E-state index is 0.0878. The first-order valence-corrected chi connectivity index (χ1v) is 9.11. The largest absolute Gasteiger partial charge is 0.490 e. The lowest BCUT2D eigenvalue weighted by molar-refractivity contribution is 0.0177. The second-order valence-electron chi connectivity index (χ2n) is 6.87. The molecule has 5 heteroatoms. The lowest BCUT2D eigenvalue weighted by Gasteiger charge is -2.36. The molecule has 3 rings (SSSR count). The fourth-order valence-corrected chi connectivity index (χ4v) is 3.56. The molecule has 2 aliphatic rings. The van der Waals surface area contributed by atoms with Gasteiger partial charge in [-0.2, -0.15) is 0 Å². The summed E-state index contributed by atoms with van der Waals surface area (Å²) in [5, 5.41) is 19.2. The van der Waals surface area contributed by atoms with E-state index in [9.17, 15) is 10.2 Å². The molecule has 2 fully saturated rings. The molecule has 1 aromatic rings. The maximum absolute atomic E-state index is 9.72. The molecule has 1 aromatic carbocycles. The van der Waals surface area contributed by atoms with Crippen molar-refractivity contribution in [2.45, 2.75) is 50.4 Å². The van der Waals surface area contributed by atoms with Gasteiger partial charge in [-0.1, -0.05) is 12.1 Å². The number of rotatable bonds is 6.